The van der Waals surface area contributed by atoms with E-state index >= 15 is 0 Å². The average molecular weight is 413 g/mol. The van der Waals surface area contributed by atoms with Gasteiger partial charge in [-0.3, -0.25) is 9.69 Å². The van der Waals surface area contributed by atoms with Gasteiger partial charge in [-0.25, -0.2) is 4.98 Å². The van der Waals surface area contributed by atoms with E-state index in [-0.39, 0.29) is 5.91 Å². The molecule has 5 nitrogen and oxygen atoms in total. The lowest BCUT2D eigenvalue weighted by atomic mass is 9.88. The van der Waals surface area contributed by atoms with Crippen LogP contribution in [-0.4, -0.2) is 33.3 Å². The van der Waals surface area contributed by atoms with Crippen molar-refractivity contribution in [1.82, 2.24) is 19.6 Å². The number of carbonyl (C=O) groups is 1. The number of nitrogens with zero attached hydrogens (tertiary/aromatic N) is 3. The van der Waals surface area contributed by atoms with E-state index in [1.165, 1.54) is 11.1 Å². The maximum absolute atomic E-state index is 13.3. The number of nitrogens with one attached hydrogen (secondary N) is 1. The molecule has 1 amide bonds. The van der Waals surface area contributed by atoms with Crippen molar-refractivity contribution in [2.45, 2.75) is 33.1 Å². The second-order valence-electron chi connectivity index (χ2n) is 8.47. The third-order valence-electron chi connectivity index (χ3n) is 6.33. The Morgan fingerprint density at radius 2 is 2.00 bits per heavy atom. The number of amides is 1. The summed E-state index contributed by atoms with van der Waals surface area (Å²) in [6.45, 7) is 6.22. The van der Waals surface area contributed by atoms with Crippen LogP contribution >= 0.6 is 0 Å². The second kappa shape index (κ2) is 8.16. The summed E-state index contributed by atoms with van der Waals surface area (Å²) in [6.07, 6.45) is 21.3. The van der Waals surface area contributed by atoms with Crippen LogP contribution in [0.2, 0.25) is 0 Å². The molecule has 0 aliphatic carbocycles. The number of rotatable bonds is 3. The van der Waals surface area contributed by atoms with Crippen LogP contribution in [0.15, 0.2) is 72.4 Å². The Morgan fingerprint density at radius 3 is 2.81 bits per heavy atom. The minimum Gasteiger partial charge on any atom is -0.317 e. The molecule has 1 N–H and O–H groups in total. The fourth-order valence-electron chi connectivity index (χ4n) is 4.64. The zero-order chi connectivity index (χ0) is 21.4. The molecule has 0 radical (unpaired) electrons. The Labute approximate surface area is 183 Å². The number of imidazole rings is 1. The minimum atomic E-state index is -0.0126. The van der Waals surface area contributed by atoms with Crippen LogP contribution in [0.3, 0.4) is 0 Å². The summed E-state index contributed by atoms with van der Waals surface area (Å²) in [7, 11) is 0. The Kier molecular flexibility index (Phi) is 5.20. The van der Waals surface area contributed by atoms with Crippen molar-refractivity contribution in [2.75, 3.05) is 13.1 Å². The summed E-state index contributed by atoms with van der Waals surface area (Å²) in [6, 6.07) is 2.16. The van der Waals surface area contributed by atoms with Gasteiger partial charge in [0, 0.05) is 30.4 Å². The number of carbonyl (C=O) groups excluding carboxylic acids is 1. The summed E-state index contributed by atoms with van der Waals surface area (Å²) in [5.74, 6) is 0.497. The average Bonchev–Trinajstić information content (AvgIpc) is 3.17. The number of aryl methyl sites for hydroxylation is 2. The molecule has 5 rings (SSSR count). The first-order valence-corrected chi connectivity index (χ1v) is 11.1. The van der Waals surface area contributed by atoms with E-state index in [4.69, 9.17) is 0 Å². The summed E-state index contributed by atoms with van der Waals surface area (Å²) >= 11 is 0. The highest BCUT2D eigenvalue weighted by molar-refractivity contribution is 6.00. The molecule has 2 aromatic heterocycles. The van der Waals surface area contributed by atoms with Crippen LogP contribution in [-0.2, 0) is 11.2 Å². The van der Waals surface area contributed by atoms with Gasteiger partial charge < -0.3 is 9.72 Å². The van der Waals surface area contributed by atoms with Gasteiger partial charge in [0.05, 0.1) is 5.69 Å². The summed E-state index contributed by atoms with van der Waals surface area (Å²) in [4.78, 5) is 19.7. The number of aromatic nitrogens is 2. The molecular formula is C26H28N4O. The molecule has 0 spiro atoms. The Balaban J connectivity index is 1.52. The van der Waals surface area contributed by atoms with Crippen molar-refractivity contribution in [3.63, 3.8) is 0 Å². The van der Waals surface area contributed by atoms with E-state index in [0.29, 0.717) is 5.92 Å². The standard InChI is InChI=1S/C26H28N4O/c1-3-19-13-23(16-29-15-18(2)28-26(19)29)21-5-4-6-24-8-7-22(17-30(24)25(31)14-21)20-9-11-27-12-10-20/h4-8,13-17,20,27H,3,9-12H2,1-2H3/b5-4?,21-14?,24-6+. The zero-order valence-electron chi connectivity index (χ0n) is 18.1. The molecule has 1 saturated heterocycles. The van der Waals surface area contributed by atoms with E-state index in [2.05, 4.69) is 46.0 Å². The van der Waals surface area contributed by atoms with E-state index in [1.807, 2.05) is 37.5 Å². The van der Waals surface area contributed by atoms with Crippen LogP contribution in [0, 0.1) is 12.8 Å². The fourth-order valence-corrected chi connectivity index (χ4v) is 4.64. The molecule has 2 aromatic rings. The lowest BCUT2D eigenvalue weighted by Gasteiger charge is -2.29. The van der Waals surface area contributed by atoms with Crippen LogP contribution in [0.1, 0.15) is 36.6 Å². The smallest absolute Gasteiger partial charge is 0.255 e. The Bertz CT molecular complexity index is 1190. The topological polar surface area (TPSA) is 49.6 Å². The molecule has 158 valence electrons. The normalized spacial score (nSPS) is 21.3. The van der Waals surface area contributed by atoms with Gasteiger partial charge in [0.1, 0.15) is 5.65 Å². The van der Waals surface area contributed by atoms with Crippen molar-refractivity contribution in [1.29, 1.82) is 0 Å². The minimum absolute atomic E-state index is 0.0126. The van der Waals surface area contributed by atoms with Gasteiger partial charge in [-0.05, 0) is 85.7 Å². The second-order valence-corrected chi connectivity index (χ2v) is 8.47. The summed E-state index contributed by atoms with van der Waals surface area (Å²) in [5, 5.41) is 3.42. The number of piperidine rings is 1. The number of hydrogen-bond donors (Lipinski definition) is 1. The lowest BCUT2D eigenvalue weighted by Crippen LogP contribution is -2.31. The molecule has 3 aliphatic rings. The zero-order valence-corrected chi connectivity index (χ0v) is 18.1. The fraction of sp³-hybridized carbons (Fsp3) is 0.308. The van der Waals surface area contributed by atoms with Gasteiger partial charge in [0.15, 0.2) is 0 Å². The largest absolute Gasteiger partial charge is 0.317 e. The molecule has 31 heavy (non-hydrogen) atoms. The van der Waals surface area contributed by atoms with Crippen molar-refractivity contribution in [3.8, 4) is 0 Å². The SMILES string of the molecule is CCc1cc(C2=CC(=O)N3C=C(C4CCNCC4)C=C/C3=C\C=C2)cn2cc(C)nc12. The van der Waals surface area contributed by atoms with Gasteiger partial charge in [-0.2, -0.15) is 0 Å². The molecular weight excluding hydrogens is 384 g/mol. The highest BCUT2D eigenvalue weighted by Gasteiger charge is 2.23. The van der Waals surface area contributed by atoms with Gasteiger partial charge in [-0.1, -0.05) is 25.2 Å². The Morgan fingerprint density at radius 1 is 1.16 bits per heavy atom. The van der Waals surface area contributed by atoms with E-state index in [0.717, 1.165) is 60.5 Å². The van der Waals surface area contributed by atoms with Crippen LogP contribution < -0.4 is 5.32 Å². The first-order valence-electron chi connectivity index (χ1n) is 11.1. The Hall–Kier alpha value is -3.18. The summed E-state index contributed by atoms with van der Waals surface area (Å²) < 4.78 is 2.07. The van der Waals surface area contributed by atoms with E-state index < -0.39 is 0 Å². The van der Waals surface area contributed by atoms with E-state index in [9.17, 15) is 4.79 Å². The van der Waals surface area contributed by atoms with Gasteiger partial charge >= 0.3 is 0 Å². The summed E-state index contributed by atoms with van der Waals surface area (Å²) in [5.41, 5.74) is 7.25. The van der Waals surface area contributed by atoms with Crippen LogP contribution in [0.5, 0.6) is 0 Å². The lowest BCUT2D eigenvalue weighted by molar-refractivity contribution is -0.122. The monoisotopic (exact) mass is 412 g/mol. The van der Waals surface area contributed by atoms with Gasteiger partial charge in [-0.15, -0.1) is 0 Å². The molecule has 0 unspecified atom stereocenters. The van der Waals surface area contributed by atoms with Crippen molar-refractivity contribution in [2.24, 2.45) is 5.92 Å². The quantitative estimate of drug-likeness (QED) is 0.817. The number of allylic oxidation sites excluding steroid dienone is 7. The molecule has 0 saturated carbocycles. The van der Waals surface area contributed by atoms with Crippen molar-refractivity contribution < 1.29 is 4.79 Å². The first kappa shape index (κ1) is 19.8. The third kappa shape index (κ3) is 3.81. The first-order chi connectivity index (χ1) is 15.1. The maximum Gasteiger partial charge on any atom is 0.255 e. The van der Waals surface area contributed by atoms with Crippen LogP contribution in [0.4, 0.5) is 0 Å². The molecule has 0 aromatic carbocycles. The van der Waals surface area contributed by atoms with Crippen molar-refractivity contribution in [3.05, 3.63) is 89.2 Å². The number of fused-ring (bicyclic) bond motifs is 2. The van der Waals surface area contributed by atoms with Crippen molar-refractivity contribution >= 4 is 17.1 Å². The molecule has 5 heterocycles. The molecule has 5 heteroatoms. The highest BCUT2D eigenvalue weighted by Crippen LogP contribution is 2.30. The predicted octanol–water partition coefficient (Wildman–Crippen LogP) is 4.32. The molecule has 3 aliphatic heterocycles. The van der Waals surface area contributed by atoms with Gasteiger partial charge in [0.2, 0.25) is 0 Å². The van der Waals surface area contributed by atoms with Crippen LogP contribution in [0.25, 0.3) is 11.2 Å². The molecule has 1 fully saturated rings. The van der Waals surface area contributed by atoms with E-state index in [1.54, 1.807) is 11.0 Å². The maximum atomic E-state index is 13.3. The molecule has 0 bridgehead atoms. The number of pyridine rings is 1. The predicted molar refractivity (Wildman–Crippen MR) is 124 cm³/mol. The highest BCUT2D eigenvalue weighted by atomic mass is 16.2. The van der Waals surface area contributed by atoms with Gasteiger partial charge in [0.25, 0.3) is 5.91 Å². The molecule has 0 atom stereocenters. The number of hydrogen-bond acceptors (Lipinski definition) is 3. The third-order valence-corrected chi connectivity index (χ3v) is 6.33.